The van der Waals surface area contributed by atoms with Gasteiger partial charge in [0.1, 0.15) is 5.40 Å². The first-order valence-electron chi connectivity index (χ1n) is 5.40. The molecule has 96 valence electrons. The minimum atomic E-state index is 0.550. The van der Waals surface area contributed by atoms with Crippen molar-refractivity contribution in [3.63, 3.8) is 0 Å². The van der Waals surface area contributed by atoms with Gasteiger partial charge in [-0.1, -0.05) is 11.3 Å². The Morgan fingerprint density at radius 1 is 1.26 bits per heavy atom. The number of rotatable bonds is 4. The molecule has 2 aromatic rings. The number of anilines is 1. The highest BCUT2D eigenvalue weighted by atomic mass is 32.2. The zero-order valence-electron chi connectivity index (χ0n) is 10.4. The van der Waals surface area contributed by atoms with Crippen molar-refractivity contribution in [1.29, 1.82) is 5.26 Å². The molecule has 0 saturated carbocycles. The van der Waals surface area contributed by atoms with Crippen LogP contribution in [-0.4, -0.2) is 19.1 Å². The Bertz CT molecular complexity index is 610. The van der Waals surface area contributed by atoms with E-state index in [9.17, 15) is 0 Å². The molecule has 1 heterocycles. The van der Waals surface area contributed by atoms with Gasteiger partial charge in [-0.05, 0) is 24.3 Å². The molecule has 19 heavy (non-hydrogen) atoms. The van der Waals surface area contributed by atoms with Crippen molar-refractivity contribution >= 4 is 39.6 Å². The summed E-state index contributed by atoms with van der Waals surface area (Å²) in [5.41, 5.74) is 1.89. The molecule has 2 rings (SSSR count). The van der Waals surface area contributed by atoms with E-state index in [1.807, 2.05) is 48.7 Å². The number of thiocyanates is 1. The van der Waals surface area contributed by atoms with Crippen molar-refractivity contribution in [2.24, 2.45) is 10.2 Å². The molecule has 0 fully saturated rings. The Labute approximate surface area is 119 Å². The molecule has 5 nitrogen and oxygen atoms in total. The van der Waals surface area contributed by atoms with E-state index in [1.54, 1.807) is 6.20 Å². The fourth-order valence-electron chi connectivity index (χ4n) is 1.31. The molecular formula is C12H11N5S2. The monoisotopic (exact) mass is 289 g/mol. The van der Waals surface area contributed by atoms with Crippen molar-refractivity contribution in [3.05, 3.63) is 30.5 Å². The summed E-state index contributed by atoms with van der Waals surface area (Å²) in [6, 6.07) is 7.76. The Morgan fingerprint density at radius 3 is 2.63 bits per heavy atom. The number of azo groups is 1. The van der Waals surface area contributed by atoms with E-state index in [-0.39, 0.29) is 0 Å². The Kier molecular flexibility index (Phi) is 4.49. The first kappa shape index (κ1) is 13.5. The predicted octanol–water partition coefficient (Wildman–Crippen LogP) is 4.20. The van der Waals surface area contributed by atoms with Crippen LogP contribution in [0.5, 0.6) is 0 Å². The van der Waals surface area contributed by atoms with Crippen LogP contribution in [-0.2, 0) is 0 Å². The van der Waals surface area contributed by atoms with Crippen LogP contribution < -0.4 is 4.90 Å². The van der Waals surface area contributed by atoms with Gasteiger partial charge in [0.2, 0.25) is 5.13 Å². The second kappa shape index (κ2) is 6.31. The molecule has 0 amide bonds. The number of nitrogens with zero attached hydrogens (tertiary/aromatic N) is 5. The Morgan fingerprint density at radius 2 is 2.00 bits per heavy atom. The molecule has 1 aromatic heterocycles. The largest absolute Gasteiger partial charge is 0.378 e. The van der Waals surface area contributed by atoms with E-state index < -0.39 is 0 Å². The van der Waals surface area contributed by atoms with Crippen LogP contribution >= 0.6 is 23.1 Å². The average molecular weight is 289 g/mol. The van der Waals surface area contributed by atoms with Gasteiger partial charge in [0.15, 0.2) is 0 Å². The van der Waals surface area contributed by atoms with Crippen molar-refractivity contribution < 1.29 is 0 Å². The normalized spacial score (nSPS) is 10.6. The first-order valence-corrected chi connectivity index (χ1v) is 7.03. The van der Waals surface area contributed by atoms with E-state index in [1.165, 1.54) is 11.3 Å². The summed E-state index contributed by atoms with van der Waals surface area (Å²) in [6.45, 7) is 0. The topological polar surface area (TPSA) is 64.6 Å². The van der Waals surface area contributed by atoms with Crippen LogP contribution in [0.15, 0.2) is 44.9 Å². The third-order valence-corrected chi connectivity index (χ3v) is 3.81. The molecule has 0 aliphatic rings. The zero-order valence-corrected chi connectivity index (χ0v) is 12.1. The maximum atomic E-state index is 8.54. The SMILES string of the molecule is CN(C)c1ccc(N=Nc2ncc(SC#N)s2)cc1. The van der Waals surface area contributed by atoms with Crippen LogP contribution in [0.2, 0.25) is 0 Å². The molecule has 0 aliphatic heterocycles. The molecule has 0 spiro atoms. The van der Waals surface area contributed by atoms with Gasteiger partial charge >= 0.3 is 0 Å². The Balaban J connectivity index is 2.07. The number of hydrogen-bond donors (Lipinski definition) is 0. The number of nitriles is 1. The van der Waals surface area contributed by atoms with Gasteiger partial charge in [0.25, 0.3) is 0 Å². The fourth-order valence-corrected chi connectivity index (χ4v) is 2.48. The van der Waals surface area contributed by atoms with Gasteiger partial charge in [-0.15, -0.1) is 10.2 Å². The summed E-state index contributed by atoms with van der Waals surface area (Å²) < 4.78 is 0.819. The molecule has 1 aromatic carbocycles. The van der Waals surface area contributed by atoms with Crippen molar-refractivity contribution in [3.8, 4) is 5.40 Å². The van der Waals surface area contributed by atoms with E-state index in [2.05, 4.69) is 15.2 Å². The molecular weight excluding hydrogens is 278 g/mol. The lowest BCUT2D eigenvalue weighted by molar-refractivity contribution is 1.13. The number of thioether (sulfide) groups is 1. The Hall–Kier alpha value is -1.91. The van der Waals surface area contributed by atoms with Gasteiger partial charge in [-0.2, -0.15) is 5.26 Å². The van der Waals surface area contributed by atoms with Crippen molar-refractivity contribution in [2.75, 3.05) is 19.0 Å². The highest BCUT2D eigenvalue weighted by Crippen LogP contribution is 2.30. The molecule has 0 saturated heterocycles. The van der Waals surface area contributed by atoms with Crippen LogP contribution in [0.25, 0.3) is 0 Å². The maximum Gasteiger partial charge on any atom is 0.231 e. The number of benzene rings is 1. The lowest BCUT2D eigenvalue weighted by Crippen LogP contribution is -2.07. The lowest BCUT2D eigenvalue weighted by atomic mass is 10.3. The van der Waals surface area contributed by atoms with Gasteiger partial charge in [-0.3, -0.25) is 0 Å². The minimum absolute atomic E-state index is 0.550. The smallest absolute Gasteiger partial charge is 0.231 e. The highest BCUT2D eigenvalue weighted by molar-refractivity contribution is 8.05. The highest BCUT2D eigenvalue weighted by Gasteiger charge is 2.01. The molecule has 0 N–H and O–H groups in total. The summed E-state index contributed by atoms with van der Waals surface area (Å²) in [5.74, 6) is 0. The molecule has 0 radical (unpaired) electrons. The number of hydrogen-bond acceptors (Lipinski definition) is 7. The maximum absolute atomic E-state index is 8.54. The van der Waals surface area contributed by atoms with E-state index in [0.29, 0.717) is 5.13 Å². The number of thiazole rings is 1. The van der Waals surface area contributed by atoms with Crippen LogP contribution in [0, 0.1) is 10.7 Å². The second-order valence-corrected chi connectivity index (χ2v) is 5.86. The van der Waals surface area contributed by atoms with Crippen molar-refractivity contribution in [2.45, 2.75) is 4.21 Å². The minimum Gasteiger partial charge on any atom is -0.378 e. The zero-order chi connectivity index (χ0) is 13.7. The number of aromatic nitrogens is 1. The van der Waals surface area contributed by atoms with Crippen LogP contribution in [0.3, 0.4) is 0 Å². The summed E-state index contributed by atoms with van der Waals surface area (Å²) in [5, 5.41) is 19.3. The fraction of sp³-hybridized carbons (Fsp3) is 0.167. The third kappa shape index (κ3) is 3.77. The molecule has 0 aliphatic carbocycles. The van der Waals surface area contributed by atoms with Crippen LogP contribution in [0.4, 0.5) is 16.5 Å². The second-order valence-electron chi connectivity index (χ2n) is 3.77. The molecule has 0 bridgehead atoms. The molecule has 7 heteroatoms. The van der Waals surface area contributed by atoms with Crippen LogP contribution in [0.1, 0.15) is 0 Å². The standard InChI is InChI=1S/C12H11N5S2/c1-17(2)10-5-3-9(4-6-10)15-16-12-14-7-11(19-12)18-8-13/h3-7H,1-2H3. The lowest BCUT2D eigenvalue weighted by Gasteiger charge is -2.11. The van der Waals surface area contributed by atoms with Crippen molar-refractivity contribution in [1.82, 2.24) is 4.98 Å². The van der Waals surface area contributed by atoms with E-state index in [0.717, 1.165) is 27.3 Å². The average Bonchev–Trinajstić information content (AvgIpc) is 2.85. The summed E-state index contributed by atoms with van der Waals surface area (Å²) in [6.07, 6.45) is 1.63. The van der Waals surface area contributed by atoms with Gasteiger partial charge < -0.3 is 4.90 Å². The van der Waals surface area contributed by atoms with Gasteiger partial charge in [0, 0.05) is 31.5 Å². The first-order chi connectivity index (χ1) is 9.19. The summed E-state index contributed by atoms with van der Waals surface area (Å²) in [4.78, 5) is 6.09. The predicted molar refractivity (Wildman–Crippen MR) is 78.5 cm³/mol. The third-order valence-electron chi connectivity index (χ3n) is 2.24. The van der Waals surface area contributed by atoms with E-state index >= 15 is 0 Å². The quantitative estimate of drug-likeness (QED) is 0.481. The summed E-state index contributed by atoms with van der Waals surface area (Å²) >= 11 is 2.42. The van der Waals surface area contributed by atoms with Gasteiger partial charge in [-0.25, -0.2) is 4.98 Å². The molecule has 0 unspecified atom stereocenters. The molecule has 0 atom stereocenters. The summed E-state index contributed by atoms with van der Waals surface area (Å²) in [7, 11) is 3.97. The van der Waals surface area contributed by atoms with Gasteiger partial charge in [0.05, 0.1) is 16.1 Å². The van der Waals surface area contributed by atoms with E-state index in [4.69, 9.17) is 5.26 Å².